The minimum atomic E-state index is -0.732. The molecule has 0 saturated carbocycles. The number of aromatic nitrogens is 5. The number of aryl methyl sites for hydroxylation is 2. The molecule has 0 saturated heterocycles. The first-order chi connectivity index (χ1) is 15.3. The summed E-state index contributed by atoms with van der Waals surface area (Å²) in [5.74, 6) is -1.79. The maximum Gasteiger partial charge on any atom is 0.332 e. The van der Waals surface area contributed by atoms with Crippen LogP contribution in [0, 0.1) is 11.6 Å². The molecule has 1 aromatic carbocycles. The van der Waals surface area contributed by atoms with Crippen molar-refractivity contribution in [2.75, 3.05) is 5.32 Å². The van der Waals surface area contributed by atoms with Gasteiger partial charge < -0.3 is 9.88 Å². The number of hydrogen-bond acceptors (Lipinski definition) is 6. The number of nitrogens with zero attached hydrogens (tertiary/aromatic N) is 5. The summed E-state index contributed by atoms with van der Waals surface area (Å²) in [6.45, 7) is 0.334. The molecule has 166 valence electrons. The first-order valence-electron chi connectivity index (χ1n) is 9.58. The molecule has 0 aliphatic heterocycles. The van der Waals surface area contributed by atoms with Crippen molar-refractivity contribution >= 4 is 33.5 Å². The fraction of sp³-hybridized carbons (Fsp3) is 0.250. The number of fused-ring (bicyclic) bond motifs is 1. The Hall–Kier alpha value is -3.67. The third-order valence-corrected chi connectivity index (χ3v) is 5.75. The van der Waals surface area contributed by atoms with E-state index >= 15 is 0 Å². The normalized spacial score (nSPS) is 11.2. The highest BCUT2D eigenvalue weighted by atomic mass is 32.1. The number of thiazole rings is 1. The van der Waals surface area contributed by atoms with Crippen molar-refractivity contribution in [2.24, 2.45) is 14.1 Å². The van der Waals surface area contributed by atoms with Gasteiger partial charge in [0.15, 0.2) is 16.3 Å². The second-order valence-corrected chi connectivity index (χ2v) is 7.96. The molecule has 1 N–H and O–H groups in total. The van der Waals surface area contributed by atoms with E-state index in [0.717, 1.165) is 28.0 Å². The van der Waals surface area contributed by atoms with Crippen LogP contribution in [-0.2, 0) is 25.4 Å². The lowest BCUT2D eigenvalue weighted by Gasteiger charge is -2.06. The maximum atomic E-state index is 13.9. The number of nitrogens with one attached hydrogen (secondary N) is 1. The number of carbonyl (C=O) groups excluding carboxylic acids is 1. The molecule has 1 amide bonds. The number of benzene rings is 1. The van der Waals surface area contributed by atoms with Crippen LogP contribution >= 0.6 is 11.3 Å². The Morgan fingerprint density at radius 3 is 2.59 bits per heavy atom. The van der Waals surface area contributed by atoms with Crippen LogP contribution in [0.2, 0.25) is 0 Å². The number of rotatable bonds is 6. The molecule has 0 unspecified atom stereocenters. The molecule has 0 aliphatic carbocycles. The highest BCUT2D eigenvalue weighted by Crippen LogP contribution is 2.29. The van der Waals surface area contributed by atoms with E-state index in [9.17, 15) is 23.2 Å². The minimum Gasteiger partial charge on any atom is -0.325 e. The Kier molecular flexibility index (Phi) is 5.70. The SMILES string of the molecule is Cn1c(=O)c2c(ncn2CCCC(=O)Nc2nc(-c3c(F)cccc3F)cs2)n(C)c1=O. The van der Waals surface area contributed by atoms with Gasteiger partial charge in [0, 0.05) is 32.4 Å². The van der Waals surface area contributed by atoms with Gasteiger partial charge in [0.25, 0.3) is 5.56 Å². The molecule has 0 aliphatic rings. The highest BCUT2D eigenvalue weighted by molar-refractivity contribution is 7.14. The highest BCUT2D eigenvalue weighted by Gasteiger charge is 2.16. The Bertz CT molecular complexity index is 1430. The molecule has 0 spiro atoms. The molecule has 4 aromatic rings. The molecule has 0 fully saturated rings. The van der Waals surface area contributed by atoms with E-state index in [4.69, 9.17) is 0 Å². The lowest BCUT2D eigenvalue weighted by molar-refractivity contribution is -0.116. The lowest BCUT2D eigenvalue weighted by atomic mass is 10.1. The Morgan fingerprint density at radius 2 is 1.88 bits per heavy atom. The molecule has 9 nitrogen and oxygen atoms in total. The van der Waals surface area contributed by atoms with Crippen LogP contribution in [0.4, 0.5) is 13.9 Å². The molecule has 3 heterocycles. The van der Waals surface area contributed by atoms with E-state index < -0.39 is 22.9 Å². The number of anilines is 1. The predicted molar refractivity (Wildman–Crippen MR) is 116 cm³/mol. The number of halogens is 2. The van der Waals surface area contributed by atoms with Gasteiger partial charge in [-0.3, -0.25) is 18.7 Å². The number of imidazole rings is 1. The zero-order chi connectivity index (χ0) is 23.0. The van der Waals surface area contributed by atoms with Crippen LogP contribution in [0.5, 0.6) is 0 Å². The second-order valence-electron chi connectivity index (χ2n) is 7.10. The van der Waals surface area contributed by atoms with Crippen molar-refractivity contribution in [3.8, 4) is 11.3 Å². The first kappa shape index (κ1) is 21.6. The molecule has 3 aromatic heterocycles. The first-order valence-corrected chi connectivity index (χ1v) is 10.5. The van der Waals surface area contributed by atoms with Crippen LogP contribution in [-0.4, -0.2) is 29.6 Å². The summed E-state index contributed by atoms with van der Waals surface area (Å²) in [6.07, 6.45) is 1.97. The van der Waals surface area contributed by atoms with Crippen molar-refractivity contribution in [2.45, 2.75) is 19.4 Å². The minimum absolute atomic E-state index is 0.104. The van der Waals surface area contributed by atoms with Gasteiger partial charge in [-0.05, 0) is 18.6 Å². The largest absolute Gasteiger partial charge is 0.332 e. The third-order valence-electron chi connectivity index (χ3n) is 4.99. The molecule has 0 radical (unpaired) electrons. The summed E-state index contributed by atoms with van der Waals surface area (Å²) >= 11 is 1.06. The summed E-state index contributed by atoms with van der Waals surface area (Å²) in [5, 5.41) is 4.31. The van der Waals surface area contributed by atoms with Crippen molar-refractivity contribution in [1.82, 2.24) is 23.7 Å². The summed E-state index contributed by atoms with van der Waals surface area (Å²) in [7, 11) is 2.93. The summed E-state index contributed by atoms with van der Waals surface area (Å²) < 4.78 is 31.7. The van der Waals surface area contributed by atoms with E-state index in [1.54, 1.807) is 4.57 Å². The predicted octanol–water partition coefficient (Wildman–Crippen LogP) is 2.25. The van der Waals surface area contributed by atoms with Crippen molar-refractivity contribution in [3.63, 3.8) is 0 Å². The average molecular weight is 460 g/mol. The average Bonchev–Trinajstić information content (AvgIpc) is 3.38. The molecule has 4 rings (SSSR count). The standard InChI is InChI=1S/C20H18F2N6O3S/c1-26-17-16(18(30)27(2)20(26)31)28(10-23-17)8-4-7-14(29)25-19-24-13(9-32-19)15-11(21)5-3-6-12(15)22/h3,5-6,9-10H,4,7-8H2,1-2H3,(H,24,25,29). The van der Waals surface area contributed by atoms with Gasteiger partial charge in [0.1, 0.15) is 11.6 Å². The zero-order valence-corrected chi connectivity index (χ0v) is 17.9. The molecular formula is C20H18F2N6O3S. The van der Waals surface area contributed by atoms with Gasteiger partial charge in [0.05, 0.1) is 17.6 Å². The van der Waals surface area contributed by atoms with Crippen molar-refractivity contribution in [1.29, 1.82) is 0 Å². The fourth-order valence-corrected chi connectivity index (χ4v) is 4.06. The summed E-state index contributed by atoms with van der Waals surface area (Å²) in [6, 6.07) is 3.55. The van der Waals surface area contributed by atoms with E-state index in [-0.39, 0.29) is 39.9 Å². The zero-order valence-electron chi connectivity index (χ0n) is 17.1. The summed E-state index contributed by atoms with van der Waals surface area (Å²) in [5.41, 5.74) is -0.504. The van der Waals surface area contributed by atoms with Crippen LogP contribution in [0.15, 0.2) is 39.5 Å². The van der Waals surface area contributed by atoms with Crippen molar-refractivity contribution < 1.29 is 13.6 Å². The Morgan fingerprint density at radius 1 is 1.16 bits per heavy atom. The Balaban J connectivity index is 1.41. The molecular weight excluding hydrogens is 442 g/mol. The van der Waals surface area contributed by atoms with Crippen molar-refractivity contribution in [3.05, 3.63) is 62.4 Å². The lowest BCUT2D eigenvalue weighted by Crippen LogP contribution is -2.37. The Labute approximate surface area is 183 Å². The summed E-state index contributed by atoms with van der Waals surface area (Å²) in [4.78, 5) is 44.9. The molecule has 0 bridgehead atoms. The number of amides is 1. The fourth-order valence-electron chi connectivity index (χ4n) is 3.35. The third kappa shape index (κ3) is 3.84. The van der Waals surface area contributed by atoms with Gasteiger partial charge in [-0.1, -0.05) is 6.07 Å². The van der Waals surface area contributed by atoms with Gasteiger partial charge in [0.2, 0.25) is 5.91 Å². The topological polar surface area (TPSA) is 104 Å². The van der Waals surface area contributed by atoms with E-state index in [0.29, 0.717) is 13.0 Å². The molecule has 32 heavy (non-hydrogen) atoms. The van der Waals surface area contributed by atoms with Crippen LogP contribution in [0.25, 0.3) is 22.4 Å². The van der Waals surface area contributed by atoms with Gasteiger partial charge in [-0.15, -0.1) is 11.3 Å². The molecule has 12 heteroatoms. The smallest absolute Gasteiger partial charge is 0.325 e. The van der Waals surface area contributed by atoms with Gasteiger partial charge in [-0.25, -0.2) is 23.5 Å². The second kappa shape index (κ2) is 8.46. The van der Waals surface area contributed by atoms with Gasteiger partial charge in [-0.2, -0.15) is 0 Å². The maximum absolute atomic E-state index is 13.9. The quantitative estimate of drug-likeness (QED) is 0.475. The molecule has 0 atom stereocenters. The van der Waals surface area contributed by atoms with Crippen LogP contribution < -0.4 is 16.6 Å². The van der Waals surface area contributed by atoms with E-state index in [1.165, 1.54) is 36.4 Å². The number of carbonyl (C=O) groups is 1. The van der Waals surface area contributed by atoms with Gasteiger partial charge >= 0.3 is 5.69 Å². The van der Waals surface area contributed by atoms with Crippen LogP contribution in [0.3, 0.4) is 0 Å². The van der Waals surface area contributed by atoms with E-state index in [1.807, 2.05) is 0 Å². The van der Waals surface area contributed by atoms with Crippen LogP contribution in [0.1, 0.15) is 12.8 Å². The monoisotopic (exact) mass is 460 g/mol. The number of hydrogen-bond donors (Lipinski definition) is 1. The van der Waals surface area contributed by atoms with E-state index in [2.05, 4.69) is 15.3 Å².